The highest BCUT2D eigenvalue weighted by Crippen LogP contribution is 2.69. The maximum atomic E-state index is 10.8. The fraction of sp³-hybridized carbons (Fsp3) is 0.862. The van der Waals surface area contributed by atoms with Crippen LogP contribution in [0.1, 0.15) is 92.9 Å². The summed E-state index contributed by atoms with van der Waals surface area (Å²) in [6.45, 7) is 14.0. The number of ether oxygens (including phenoxy) is 1. The molecule has 0 amide bonds. The van der Waals surface area contributed by atoms with Crippen molar-refractivity contribution in [3.63, 3.8) is 0 Å². The lowest BCUT2D eigenvalue weighted by molar-refractivity contribution is -0.128. The van der Waals surface area contributed by atoms with E-state index in [1.165, 1.54) is 31.3 Å². The van der Waals surface area contributed by atoms with Gasteiger partial charge in [0.05, 0.1) is 12.2 Å². The monoisotopic (exact) mass is 442 g/mol. The second-order valence-corrected chi connectivity index (χ2v) is 13.4. The first kappa shape index (κ1) is 23.1. The molecular formula is C29H46O3. The minimum atomic E-state index is -0.608. The summed E-state index contributed by atoms with van der Waals surface area (Å²) in [7, 11) is 0. The molecule has 32 heavy (non-hydrogen) atoms. The van der Waals surface area contributed by atoms with Gasteiger partial charge in [-0.05, 0) is 105 Å². The smallest absolute Gasteiger partial charge is 0.158 e. The molecule has 3 nitrogen and oxygen atoms in total. The number of rotatable bonds is 2. The molecule has 3 heteroatoms. The number of allylic oxidation sites excluding steroid dienone is 3. The topological polar surface area (TPSA) is 49.7 Å². The lowest BCUT2D eigenvalue weighted by Gasteiger charge is -2.62. The summed E-state index contributed by atoms with van der Waals surface area (Å²) in [5, 5.41) is 21.6. The fourth-order valence-corrected chi connectivity index (χ4v) is 9.59. The average molecular weight is 443 g/mol. The molecule has 4 fully saturated rings. The van der Waals surface area contributed by atoms with Gasteiger partial charge in [-0.15, -0.1) is 0 Å². The fourth-order valence-electron chi connectivity index (χ4n) is 9.59. The Kier molecular flexibility index (Phi) is 5.55. The first-order chi connectivity index (χ1) is 15.0. The molecule has 10 atom stereocenters. The van der Waals surface area contributed by atoms with E-state index in [9.17, 15) is 10.2 Å². The molecular weight excluding hydrogens is 396 g/mol. The maximum Gasteiger partial charge on any atom is 0.158 e. The van der Waals surface area contributed by atoms with Crippen LogP contribution in [0.3, 0.4) is 0 Å². The Morgan fingerprint density at radius 1 is 1.00 bits per heavy atom. The van der Waals surface area contributed by atoms with E-state index in [4.69, 9.17) is 4.74 Å². The van der Waals surface area contributed by atoms with Crippen LogP contribution in [0.4, 0.5) is 0 Å². The van der Waals surface area contributed by atoms with E-state index < -0.39 is 6.29 Å². The minimum Gasteiger partial charge on any atom is -0.393 e. The molecule has 0 aromatic carbocycles. The van der Waals surface area contributed by atoms with Crippen molar-refractivity contribution >= 4 is 0 Å². The Labute approximate surface area is 195 Å². The van der Waals surface area contributed by atoms with Crippen molar-refractivity contribution < 1.29 is 14.9 Å². The predicted octanol–water partition coefficient (Wildman–Crippen LogP) is 6.25. The highest BCUT2D eigenvalue weighted by atomic mass is 16.6. The molecule has 0 aromatic rings. The van der Waals surface area contributed by atoms with Crippen LogP contribution in [-0.4, -0.2) is 28.7 Å². The Morgan fingerprint density at radius 2 is 1.75 bits per heavy atom. The van der Waals surface area contributed by atoms with Crippen molar-refractivity contribution in [2.75, 3.05) is 0 Å². The van der Waals surface area contributed by atoms with Crippen LogP contribution < -0.4 is 0 Å². The van der Waals surface area contributed by atoms with Gasteiger partial charge < -0.3 is 14.9 Å². The average Bonchev–Trinajstić information content (AvgIpc) is 3.24. The lowest BCUT2D eigenvalue weighted by Crippen LogP contribution is -2.56. The molecule has 1 heterocycles. The second kappa shape index (κ2) is 7.68. The maximum absolute atomic E-state index is 10.8. The van der Waals surface area contributed by atoms with Gasteiger partial charge in [0.2, 0.25) is 0 Å². The van der Waals surface area contributed by atoms with Gasteiger partial charge in [0.25, 0.3) is 0 Å². The van der Waals surface area contributed by atoms with Crippen LogP contribution in [-0.2, 0) is 4.74 Å². The zero-order valence-electron chi connectivity index (χ0n) is 21.2. The Bertz CT molecular complexity index is 807. The van der Waals surface area contributed by atoms with Gasteiger partial charge in [0.15, 0.2) is 6.29 Å². The van der Waals surface area contributed by atoms with Crippen LogP contribution in [0.5, 0.6) is 0 Å². The van der Waals surface area contributed by atoms with Crippen LogP contribution in [0.2, 0.25) is 0 Å². The number of hydrogen-bond acceptors (Lipinski definition) is 3. The number of aliphatic hydroxyl groups is 2. The van der Waals surface area contributed by atoms with Crippen molar-refractivity contribution in [2.24, 2.45) is 45.8 Å². The molecule has 0 unspecified atom stereocenters. The molecule has 0 bridgehead atoms. The van der Waals surface area contributed by atoms with E-state index >= 15 is 0 Å². The molecule has 5 aliphatic rings. The number of hydrogen-bond donors (Lipinski definition) is 2. The lowest BCUT2D eigenvalue weighted by atomic mass is 9.43. The van der Waals surface area contributed by atoms with Crippen LogP contribution >= 0.6 is 0 Å². The van der Waals surface area contributed by atoms with Crippen molar-refractivity contribution in [2.45, 2.75) is 111 Å². The van der Waals surface area contributed by atoms with Gasteiger partial charge in [-0.2, -0.15) is 0 Å². The van der Waals surface area contributed by atoms with Crippen LogP contribution in [0, 0.1) is 45.8 Å². The molecule has 4 aliphatic carbocycles. The summed E-state index contributed by atoms with van der Waals surface area (Å²) < 4.78 is 5.98. The third kappa shape index (κ3) is 3.24. The molecule has 0 radical (unpaired) electrons. The normalized spacial score (nSPS) is 51.9. The van der Waals surface area contributed by atoms with Gasteiger partial charge in [0.1, 0.15) is 0 Å². The van der Waals surface area contributed by atoms with Crippen molar-refractivity contribution in [1.29, 1.82) is 0 Å². The predicted molar refractivity (Wildman–Crippen MR) is 129 cm³/mol. The van der Waals surface area contributed by atoms with Crippen LogP contribution in [0.25, 0.3) is 0 Å². The number of aliphatic hydroxyl groups excluding tert-OH is 2. The van der Waals surface area contributed by atoms with Crippen molar-refractivity contribution in [3.8, 4) is 0 Å². The minimum absolute atomic E-state index is 0.00374. The van der Waals surface area contributed by atoms with E-state index in [0.717, 1.165) is 25.7 Å². The molecule has 180 valence electrons. The van der Waals surface area contributed by atoms with Gasteiger partial charge >= 0.3 is 0 Å². The van der Waals surface area contributed by atoms with E-state index in [0.29, 0.717) is 29.1 Å². The van der Waals surface area contributed by atoms with E-state index in [2.05, 4.69) is 53.7 Å². The van der Waals surface area contributed by atoms with Gasteiger partial charge in [-0.1, -0.05) is 51.0 Å². The summed E-state index contributed by atoms with van der Waals surface area (Å²) in [5.74, 6) is 2.75. The third-order valence-corrected chi connectivity index (χ3v) is 11.3. The van der Waals surface area contributed by atoms with Gasteiger partial charge in [-0.25, -0.2) is 0 Å². The summed E-state index contributed by atoms with van der Waals surface area (Å²) >= 11 is 0. The summed E-state index contributed by atoms with van der Waals surface area (Å²) in [4.78, 5) is 0. The van der Waals surface area contributed by atoms with Gasteiger partial charge in [0, 0.05) is 5.92 Å². The largest absolute Gasteiger partial charge is 0.393 e. The summed E-state index contributed by atoms with van der Waals surface area (Å²) in [5.41, 5.74) is 3.60. The molecule has 5 rings (SSSR count). The standard InChI is InChI=1S/C29H46O3/c1-17(2)15-18-16-20(26(31)32-18)19-11-13-28(5)21(19)7-8-23-22(28)9-10-24-27(3,4)25(30)12-14-29(23,24)6/h9,15,18-21,23-26,30-31H,7-8,10-14,16H2,1-6H3/t18-,19+,20+,21+,23-,24+,25-,26+,28+,29-/m1/s1. The Balaban J connectivity index is 1.41. The summed E-state index contributed by atoms with van der Waals surface area (Å²) in [6.07, 6.45) is 13.4. The van der Waals surface area contributed by atoms with E-state index in [1.54, 1.807) is 5.57 Å². The Morgan fingerprint density at radius 3 is 2.47 bits per heavy atom. The summed E-state index contributed by atoms with van der Waals surface area (Å²) in [6, 6.07) is 0. The zero-order valence-corrected chi connectivity index (χ0v) is 21.2. The van der Waals surface area contributed by atoms with E-state index in [1.807, 2.05) is 0 Å². The highest BCUT2D eigenvalue weighted by Gasteiger charge is 2.62. The Hall–Kier alpha value is -0.640. The van der Waals surface area contributed by atoms with E-state index in [-0.39, 0.29) is 29.0 Å². The molecule has 1 saturated heterocycles. The highest BCUT2D eigenvalue weighted by molar-refractivity contribution is 5.31. The quantitative estimate of drug-likeness (QED) is 0.497. The first-order valence-corrected chi connectivity index (χ1v) is 13.4. The molecule has 2 N–H and O–H groups in total. The molecule has 3 saturated carbocycles. The number of fused-ring (bicyclic) bond motifs is 5. The van der Waals surface area contributed by atoms with Gasteiger partial charge in [-0.3, -0.25) is 0 Å². The molecule has 0 spiro atoms. The zero-order chi connectivity index (χ0) is 23.1. The first-order valence-electron chi connectivity index (χ1n) is 13.4. The molecule has 1 aliphatic heterocycles. The molecule has 0 aromatic heterocycles. The van der Waals surface area contributed by atoms with Crippen molar-refractivity contribution in [1.82, 2.24) is 0 Å². The SMILES string of the molecule is CC(C)=C[C@@H]1C[C@@H]([C@@H]2CC[C@]3(C)C4=CC[C@H]5C(C)(C)[C@H](O)CC[C@]5(C)[C@@H]4CC[C@@H]23)[C@@H](O)O1. The third-order valence-electron chi connectivity index (χ3n) is 11.3. The van der Waals surface area contributed by atoms with Crippen LogP contribution in [0.15, 0.2) is 23.3 Å². The second-order valence-electron chi connectivity index (χ2n) is 13.4. The van der Waals surface area contributed by atoms with Crippen molar-refractivity contribution in [3.05, 3.63) is 23.3 Å².